The summed E-state index contributed by atoms with van der Waals surface area (Å²) >= 11 is 0. The minimum atomic E-state index is -0.209. The van der Waals surface area contributed by atoms with Crippen molar-refractivity contribution in [3.8, 4) is 11.4 Å². The van der Waals surface area contributed by atoms with Gasteiger partial charge in [-0.15, -0.1) is 5.10 Å². The van der Waals surface area contributed by atoms with Gasteiger partial charge in [0.15, 0.2) is 11.6 Å². The molecule has 0 fully saturated rings. The van der Waals surface area contributed by atoms with Crippen LogP contribution in [0.25, 0.3) is 5.69 Å². The van der Waals surface area contributed by atoms with E-state index in [0.29, 0.717) is 11.4 Å². The van der Waals surface area contributed by atoms with Gasteiger partial charge in [-0.2, -0.15) is 0 Å². The molecule has 0 atom stereocenters. The molecule has 0 radical (unpaired) electrons. The number of Topliss-reactive ketones (excluding diaryl/α,β-unsaturated/α-hetero) is 1. The first kappa shape index (κ1) is 12.0. The maximum atomic E-state index is 11.4. The van der Waals surface area contributed by atoms with Crippen LogP contribution in [0, 0.1) is 0 Å². The monoisotopic (exact) mass is 246 g/mol. The SMILES string of the molecule is COc1cccc(-n2nc(N)c(C(C)=O)c2N)c1. The van der Waals surface area contributed by atoms with E-state index < -0.39 is 0 Å². The Balaban J connectivity index is 2.57. The number of hydrogen-bond acceptors (Lipinski definition) is 5. The van der Waals surface area contributed by atoms with Gasteiger partial charge in [0.1, 0.15) is 17.1 Å². The Hall–Kier alpha value is -2.50. The van der Waals surface area contributed by atoms with Crippen molar-refractivity contribution >= 4 is 17.4 Å². The third-order valence-electron chi connectivity index (χ3n) is 2.60. The van der Waals surface area contributed by atoms with Gasteiger partial charge in [-0.3, -0.25) is 4.79 Å². The van der Waals surface area contributed by atoms with Gasteiger partial charge < -0.3 is 16.2 Å². The lowest BCUT2D eigenvalue weighted by atomic mass is 10.2. The molecule has 4 N–H and O–H groups in total. The van der Waals surface area contributed by atoms with E-state index in [1.807, 2.05) is 0 Å². The molecule has 6 nitrogen and oxygen atoms in total. The fourth-order valence-corrected chi connectivity index (χ4v) is 1.75. The summed E-state index contributed by atoms with van der Waals surface area (Å²) in [6, 6.07) is 7.17. The molecule has 2 aromatic rings. The standard InChI is InChI=1S/C12H14N4O2/c1-7(17)10-11(13)15-16(12(10)14)8-4-3-5-9(6-8)18-2/h3-6H,14H2,1-2H3,(H2,13,15). The van der Waals surface area contributed by atoms with Crippen molar-refractivity contribution in [2.75, 3.05) is 18.6 Å². The second kappa shape index (κ2) is 4.40. The Bertz CT molecular complexity index is 604. The zero-order valence-corrected chi connectivity index (χ0v) is 10.2. The number of nitrogen functional groups attached to an aromatic ring is 2. The number of hydrogen-bond donors (Lipinski definition) is 2. The topological polar surface area (TPSA) is 96.2 Å². The number of rotatable bonds is 3. The number of nitrogens with two attached hydrogens (primary N) is 2. The van der Waals surface area contributed by atoms with E-state index in [2.05, 4.69) is 5.10 Å². The van der Waals surface area contributed by atoms with Crippen LogP contribution in [0.2, 0.25) is 0 Å². The minimum absolute atomic E-state index is 0.128. The molecular weight excluding hydrogens is 232 g/mol. The fourth-order valence-electron chi connectivity index (χ4n) is 1.75. The number of carbonyl (C=O) groups is 1. The quantitative estimate of drug-likeness (QED) is 0.794. The van der Waals surface area contributed by atoms with E-state index in [0.717, 1.165) is 0 Å². The van der Waals surface area contributed by atoms with Crippen molar-refractivity contribution in [2.24, 2.45) is 0 Å². The molecule has 1 aromatic carbocycles. The number of methoxy groups -OCH3 is 1. The summed E-state index contributed by atoms with van der Waals surface area (Å²) in [4.78, 5) is 11.4. The van der Waals surface area contributed by atoms with Crippen LogP contribution in [0.5, 0.6) is 5.75 Å². The van der Waals surface area contributed by atoms with Gasteiger partial charge in [0.2, 0.25) is 0 Å². The molecule has 94 valence electrons. The number of ketones is 1. The molecule has 6 heteroatoms. The Kier molecular flexibility index (Phi) is 2.93. The van der Waals surface area contributed by atoms with Crippen molar-refractivity contribution in [3.05, 3.63) is 29.8 Å². The van der Waals surface area contributed by atoms with Crippen LogP contribution >= 0.6 is 0 Å². The number of carbonyl (C=O) groups excluding carboxylic acids is 1. The first-order valence-corrected chi connectivity index (χ1v) is 5.34. The Morgan fingerprint density at radius 3 is 2.67 bits per heavy atom. The molecule has 1 heterocycles. The largest absolute Gasteiger partial charge is 0.497 e. The number of ether oxygens (including phenoxy) is 1. The Morgan fingerprint density at radius 1 is 1.39 bits per heavy atom. The minimum Gasteiger partial charge on any atom is -0.497 e. The van der Waals surface area contributed by atoms with Gasteiger partial charge in [-0.25, -0.2) is 4.68 Å². The number of anilines is 2. The fraction of sp³-hybridized carbons (Fsp3) is 0.167. The smallest absolute Gasteiger partial charge is 0.167 e. The summed E-state index contributed by atoms with van der Waals surface area (Å²) < 4.78 is 6.55. The predicted octanol–water partition coefficient (Wildman–Crippen LogP) is 1.25. The van der Waals surface area contributed by atoms with Crippen molar-refractivity contribution in [3.63, 3.8) is 0 Å². The normalized spacial score (nSPS) is 10.3. The van der Waals surface area contributed by atoms with Gasteiger partial charge in [-0.05, 0) is 19.1 Å². The van der Waals surface area contributed by atoms with Crippen LogP contribution in [0.15, 0.2) is 24.3 Å². The first-order chi connectivity index (χ1) is 8.54. The maximum Gasteiger partial charge on any atom is 0.167 e. The summed E-state index contributed by atoms with van der Waals surface area (Å²) in [5, 5.41) is 4.07. The highest BCUT2D eigenvalue weighted by atomic mass is 16.5. The van der Waals surface area contributed by atoms with Crippen LogP contribution in [0.4, 0.5) is 11.6 Å². The summed E-state index contributed by atoms with van der Waals surface area (Å²) in [5.74, 6) is 0.820. The van der Waals surface area contributed by atoms with Gasteiger partial charge in [0.25, 0.3) is 0 Å². The lowest BCUT2D eigenvalue weighted by molar-refractivity contribution is 0.101. The predicted molar refractivity (Wildman–Crippen MR) is 68.9 cm³/mol. The first-order valence-electron chi connectivity index (χ1n) is 5.34. The lowest BCUT2D eigenvalue weighted by Gasteiger charge is -2.06. The molecule has 0 spiro atoms. The van der Waals surface area contributed by atoms with E-state index in [4.69, 9.17) is 16.2 Å². The Labute approximate surface area is 104 Å². The zero-order chi connectivity index (χ0) is 13.3. The summed E-state index contributed by atoms with van der Waals surface area (Å²) in [7, 11) is 1.57. The number of aromatic nitrogens is 2. The summed E-state index contributed by atoms with van der Waals surface area (Å²) in [6.45, 7) is 1.40. The lowest BCUT2D eigenvalue weighted by Crippen LogP contribution is -2.04. The van der Waals surface area contributed by atoms with E-state index >= 15 is 0 Å². The molecule has 0 aliphatic carbocycles. The number of benzene rings is 1. The molecule has 0 aliphatic heterocycles. The molecule has 0 bridgehead atoms. The van der Waals surface area contributed by atoms with Crippen molar-refractivity contribution in [1.82, 2.24) is 9.78 Å². The van der Waals surface area contributed by atoms with E-state index in [1.165, 1.54) is 11.6 Å². The van der Waals surface area contributed by atoms with Crippen molar-refractivity contribution < 1.29 is 9.53 Å². The summed E-state index contributed by atoms with van der Waals surface area (Å²) in [5.41, 5.74) is 12.5. The molecule has 0 aliphatic rings. The molecule has 0 saturated heterocycles. The number of nitrogens with zero attached hydrogens (tertiary/aromatic N) is 2. The average molecular weight is 246 g/mol. The Morgan fingerprint density at radius 2 is 2.11 bits per heavy atom. The highest BCUT2D eigenvalue weighted by Gasteiger charge is 2.18. The van der Waals surface area contributed by atoms with Crippen LogP contribution < -0.4 is 16.2 Å². The van der Waals surface area contributed by atoms with Gasteiger partial charge in [-0.1, -0.05) is 6.07 Å². The third-order valence-corrected chi connectivity index (χ3v) is 2.60. The molecule has 2 rings (SSSR count). The molecule has 0 unspecified atom stereocenters. The highest BCUT2D eigenvalue weighted by molar-refractivity contribution is 6.02. The van der Waals surface area contributed by atoms with Crippen molar-refractivity contribution in [2.45, 2.75) is 6.92 Å². The zero-order valence-electron chi connectivity index (χ0n) is 10.2. The van der Waals surface area contributed by atoms with E-state index in [-0.39, 0.29) is 23.0 Å². The van der Waals surface area contributed by atoms with Gasteiger partial charge in [0, 0.05) is 6.07 Å². The maximum absolute atomic E-state index is 11.4. The van der Waals surface area contributed by atoms with Gasteiger partial charge in [0.05, 0.1) is 12.8 Å². The average Bonchev–Trinajstić information content (AvgIpc) is 2.65. The molecule has 18 heavy (non-hydrogen) atoms. The van der Waals surface area contributed by atoms with Gasteiger partial charge >= 0.3 is 0 Å². The van der Waals surface area contributed by atoms with E-state index in [1.54, 1.807) is 31.4 Å². The summed E-state index contributed by atoms with van der Waals surface area (Å²) in [6.07, 6.45) is 0. The van der Waals surface area contributed by atoms with Crippen LogP contribution in [0.1, 0.15) is 17.3 Å². The molecular formula is C12H14N4O2. The molecule has 0 saturated carbocycles. The van der Waals surface area contributed by atoms with Crippen LogP contribution in [0.3, 0.4) is 0 Å². The highest BCUT2D eigenvalue weighted by Crippen LogP contribution is 2.25. The second-order valence-electron chi connectivity index (χ2n) is 3.81. The van der Waals surface area contributed by atoms with Crippen molar-refractivity contribution in [1.29, 1.82) is 0 Å². The third kappa shape index (κ3) is 1.88. The van der Waals surface area contributed by atoms with E-state index in [9.17, 15) is 4.79 Å². The van der Waals surface area contributed by atoms with Crippen LogP contribution in [-0.4, -0.2) is 22.7 Å². The molecule has 1 aromatic heterocycles. The second-order valence-corrected chi connectivity index (χ2v) is 3.81. The molecule has 0 amide bonds. The van der Waals surface area contributed by atoms with Crippen LogP contribution in [-0.2, 0) is 0 Å².